The Labute approximate surface area is 195 Å². The molecule has 1 aromatic heterocycles. The first-order valence-electron chi connectivity index (χ1n) is 10.3. The Bertz CT molecular complexity index is 811. The van der Waals surface area contributed by atoms with Crippen molar-refractivity contribution in [3.8, 4) is 5.75 Å². The number of benzene rings is 1. The Morgan fingerprint density at radius 2 is 2.23 bits per heavy atom. The van der Waals surface area contributed by atoms with Crippen LogP contribution in [0.2, 0.25) is 0 Å². The van der Waals surface area contributed by atoms with Crippen LogP contribution < -0.4 is 15.4 Å². The highest BCUT2D eigenvalue weighted by Gasteiger charge is 2.22. The number of aryl methyl sites for hydroxylation is 1. The lowest BCUT2D eigenvalue weighted by atomic mass is 10.1. The number of guanidine groups is 1. The quantitative estimate of drug-likeness (QED) is 0.226. The molecule has 0 spiro atoms. The van der Waals surface area contributed by atoms with E-state index in [-0.39, 0.29) is 30.0 Å². The number of rotatable bonds is 9. The van der Waals surface area contributed by atoms with Gasteiger partial charge in [0.15, 0.2) is 11.8 Å². The Balaban J connectivity index is 0.00000320. The van der Waals surface area contributed by atoms with Gasteiger partial charge in [-0.15, -0.1) is 24.0 Å². The summed E-state index contributed by atoms with van der Waals surface area (Å²) in [4.78, 5) is 8.90. The van der Waals surface area contributed by atoms with E-state index in [1.807, 2.05) is 16.8 Å². The van der Waals surface area contributed by atoms with Gasteiger partial charge in [-0.1, -0.05) is 25.5 Å². The van der Waals surface area contributed by atoms with E-state index < -0.39 is 0 Å². The van der Waals surface area contributed by atoms with Crippen molar-refractivity contribution in [2.75, 3.05) is 20.8 Å². The van der Waals surface area contributed by atoms with Gasteiger partial charge in [0.1, 0.15) is 18.2 Å². The van der Waals surface area contributed by atoms with Gasteiger partial charge in [-0.2, -0.15) is 5.10 Å². The van der Waals surface area contributed by atoms with Crippen LogP contribution in [0.25, 0.3) is 0 Å². The second-order valence-corrected chi connectivity index (χ2v) is 7.21. The van der Waals surface area contributed by atoms with Crippen LogP contribution in [-0.2, 0) is 30.9 Å². The Hall–Kier alpha value is -1.88. The SMILES string of the molecule is CCCCOc1cccc(CNC(=NC)NC2CCc3nc(COC)nn3C2)c1.I. The highest BCUT2D eigenvalue weighted by Crippen LogP contribution is 2.15. The van der Waals surface area contributed by atoms with Crippen LogP contribution in [0.3, 0.4) is 0 Å². The van der Waals surface area contributed by atoms with Gasteiger partial charge in [0.25, 0.3) is 0 Å². The number of ether oxygens (including phenoxy) is 2. The van der Waals surface area contributed by atoms with Crippen LogP contribution in [0.4, 0.5) is 0 Å². The van der Waals surface area contributed by atoms with Gasteiger partial charge in [0.05, 0.1) is 13.2 Å². The largest absolute Gasteiger partial charge is 0.494 e. The third kappa shape index (κ3) is 7.12. The van der Waals surface area contributed by atoms with Gasteiger partial charge in [-0.25, -0.2) is 9.67 Å². The van der Waals surface area contributed by atoms with Crippen molar-refractivity contribution < 1.29 is 9.47 Å². The summed E-state index contributed by atoms with van der Waals surface area (Å²) in [6, 6.07) is 8.46. The number of unbranched alkanes of at least 4 members (excludes halogenated alkanes) is 1. The zero-order valence-corrected chi connectivity index (χ0v) is 20.4. The summed E-state index contributed by atoms with van der Waals surface area (Å²) in [7, 11) is 3.45. The maximum atomic E-state index is 5.80. The number of hydrogen-bond donors (Lipinski definition) is 2. The first-order chi connectivity index (χ1) is 14.2. The van der Waals surface area contributed by atoms with E-state index in [4.69, 9.17) is 9.47 Å². The minimum Gasteiger partial charge on any atom is -0.494 e. The highest BCUT2D eigenvalue weighted by atomic mass is 127. The smallest absolute Gasteiger partial charge is 0.191 e. The summed E-state index contributed by atoms with van der Waals surface area (Å²) < 4.78 is 12.9. The number of methoxy groups -OCH3 is 1. The molecule has 8 nitrogen and oxygen atoms in total. The number of hydrogen-bond acceptors (Lipinski definition) is 5. The van der Waals surface area contributed by atoms with E-state index in [0.717, 1.165) is 67.8 Å². The number of nitrogens with zero attached hydrogens (tertiary/aromatic N) is 4. The minimum atomic E-state index is 0. The van der Waals surface area contributed by atoms with Crippen LogP contribution in [0.5, 0.6) is 5.75 Å². The van der Waals surface area contributed by atoms with Crippen LogP contribution in [0.15, 0.2) is 29.3 Å². The number of aromatic nitrogens is 3. The zero-order valence-electron chi connectivity index (χ0n) is 18.1. The molecule has 3 rings (SSSR count). The molecule has 2 N–H and O–H groups in total. The topological polar surface area (TPSA) is 85.6 Å². The lowest BCUT2D eigenvalue weighted by Gasteiger charge is -2.25. The van der Waals surface area contributed by atoms with E-state index >= 15 is 0 Å². The van der Waals surface area contributed by atoms with E-state index in [0.29, 0.717) is 13.2 Å². The van der Waals surface area contributed by atoms with Gasteiger partial charge >= 0.3 is 0 Å². The molecule has 0 bridgehead atoms. The summed E-state index contributed by atoms with van der Waals surface area (Å²) in [6.45, 7) is 4.82. The van der Waals surface area contributed by atoms with E-state index in [1.54, 1.807) is 14.2 Å². The molecule has 1 atom stereocenters. The number of fused-ring (bicyclic) bond motifs is 1. The minimum absolute atomic E-state index is 0. The molecule has 0 saturated carbocycles. The van der Waals surface area contributed by atoms with Crippen LogP contribution in [0, 0.1) is 0 Å². The lowest BCUT2D eigenvalue weighted by molar-refractivity contribution is 0.177. The Morgan fingerprint density at radius 3 is 3.00 bits per heavy atom. The molecule has 0 saturated heterocycles. The van der Waals surface area contributed by atoms with Gasteiger partial charge in [-0.05, 0) is 30.5 Å². The molecule has 0 amide bonds. The molecule has 1 unspecified atom stereocenters. The lowest BCUT2D eigenvalue weighted by Crippen LogP contribution is -2.46. The maximum absolute atomic E-state index is 5.80. The number of halogens is 1. The molecule has 1 aliphatic heterocycles. The molecule has 2 aromatic rings. The van der Waals surface area contributed by atoms with Gasteiger partial charge in [-0.3, -0.25) is 4.99 Å². The Kier molecular flexibility index (Phi) is 10.4. The van der Waals surface area contributed by atoms with E-state index in [1.165, 1.54) is 0 Å². The predicted octanol–water partition coefficient (Wildman–Crippen LogP) is 2.90. The molecule has 0 radical (unpaired) electrons. The summed E-state index contributed by atoms with van der Waals surface area (Å²) in [5, 5.41) is 11.4. The third-order valence-corrected chi connectivity index (χ3v) is 4.86. The maximum Gasteiger partial charge on any atom is 0.191 e. The standard InChI is InChI=1S/C21H32N6O2.HI/c1-4-5-11-29-18-8-6-7-16(12-18)13-23-21(22-2)24-17-9-10-20-25-19(15-28-3)26-27(20)14-17;/h6-8,12,17H,4-5,9-11,13-15H2,1-3H3,(H2,22,23,24);1H. The van der Waals surface area contributed by atoms with Crippen LogP contribution >= 0.6 is 24.0 Å². The molecular weight excluding hydrogens is 495 g/mol. The molecule has 1 aliphatic rings. The third-order valence-electron chi connectivity index (χ3n) is 4.86. The normalized spacial score (nSPS) is 15.8. The van der Waals surface area contributed by atoms with Crippen molar-refractivity contribution in [1.29, 1.82) is 0 Å². The average molecular weight is 528 g/mol. The van der Waals surface area contributed by atoms with Gasteiger partial charge in [0.2, 0.25) is 0 Å². The van der Waals surface area contributed by atoms with Crippen LogP contribution in [0.1, 0.15) is 43.4 Å². The fraction of sp³-hybridized carbons (Fsp3) is 0.571. The monoisotopic (exact) mass is 528 g/mol. The second kappa shape index (κ2) is 12.7. The van der Waals surface area contributed by atoms with Gasteiger partial charge in [0, 0.05) is 33.2 Å². The molecule has 0 aliphatic carbocycles. The summed E-state index contributed by atoms with van der Waals surface area (Å²) in [5.74, 6) is 3.47. The molecule has 30 heavy (non-hydrogen) atoms. The van der Waals surface area contributed by atoms with Crippen molar-refractivity contribution in [2.45, 2.75) is 58.3 Å². The number of nitrogens with one attached hydrogen (secondary N) is 2. The van der Waals surface area contributed by atoms with Crippen molar-refractivity contribution in [3.63, 3.8) is 0 Å². The Morgan fingerprint density at radius 1 is 1.37 bits per heavy atom. The van der Waals surface area contributed by atoms with Crippen molar-refractivity contribution >= 4 is 29.9 Å². The van der Waals surface area contributed by atoms with E-state index in [2.05, 4.69) is 44.8 Å². The molecule has 1 aromatic carbocycles. The molecule has 9 heteroatoms. The second-order valence-electron chi connectivity index (χ2n) is 7.21. The zero-order chi connectivity index (χ0) is 20.5. The molecule has 2 heterocycles. The van der Waals surface area contributed by atoms with Gasteiger partial charge < -0.3 is 20.1 Å². The molecular formula is C21H33IN6O2. The van der Waals surface area contributed by atoms with Crippen molar-refractivity contribution in [3.05, 3.63) is 41.5 Å². The summed E-state index contributed by atoms with van der Waals surface area (Å²) in [6.07, 6.45) is 4.09. The van der Waals surface area contributed by atoms with E-state index in [9.17, 15) is 0 Å². The molecule has 0 fully saturated rings. The van der Waals surface area contributed by atoms with Crippen molar-refractivity contribution in [2.24, 2.45) is 4.99 Å². The average Bonchev–Trinajstić information content (AvgIpc) is 3.13. The highest BCUT2D eigenvalue weighted by molar-refractivity contribution is 14.0. The molecule has 166 valence electrons. The number of aliphatic imine (C=N–C) groups is 1. The fourth-order valence-electron chi connectivity index (χ4n) is 3.32. The first-order valence-corrected chi connectivity index (χ1v) is 10.3. The summed E-state index contributed by atoms with van der Waals surface area (Å²) in [5.41, 5.74) is 1.16. The summed E-state index contributed by atoms with van der Waals surface area (Å²) >= 11 is 0. The fourth-order valence-corrected chi connectivity index (χ4v) is 3.32. The predicted molar refractivity (Wildman–Crippen MR) is 128 cm³/mol. The first kappa shape index (κ1) is 24.4. The van der Waals surface area contributed by atoms with Crippen molar-refractivity contribution in [1.82, 2.24) is 25.4 Å². The van der Waals surface area contributed by atoms with Crippen LogP contribution in [-0.4, -0.2) is 47.5 Å².